The summed E-state index contributed by atoms with van der Waals surface area (Å²) < 4.78 is 154. The Morgan fingerprint density at radius 1 is 0.537 bits per heavy atom. The van der Waals surface area contributed by atoms with Crippen LogP contribution in [-0.2, 0) is 40.5 Å². The molecular formula is C51H45N9O16S4. The maximum absolute atomic E-state index is 12.8. The molecule has 0 amide bonds. The van der Waals surface area contributed by atoms with Crippen LogP contribution in [0.3, 0.4) is 0 Å². The van der Waals surface area contributed by atoms with E-state index in [4.69, 9.17) is 14.2 Å². The van der Waals surface area contributed by atoms with Gasteiger partial charge < -0.3 is 19.3 Å². The van der Waals surface area contributed by atoms with Crippen LogP contribution in [0, 0.1) is 13.8 Å². The molecule has 0 fully saturated rings. The molecule has 0 saturated heterocycles. The van der Waals surface area contributed by atoms with Gasteiger partial charge in [-0.05, 0) is 116 Å². The zero-order valence-corrected chi connectivity index (χ0v) is 45.6. The van der Waals surface area contributed by atoms with Gasteiger partial charge >= 0.3 is 0 Å². The zero-order chi connectivity index (χ0) is 57.5. The summed E-state index contributed by atoms with van der Waals surface area (Å²) in [7, 11) is -17.6. The van der Waals surface area contributed by atoms with E-state index < -0.39 is 60.9 Å². The van der Waals surface area contributed by atoms with Crippen molar-refractivity contribution in [1.29, 1.82) is 0 Å². The van der Waals surface area contributed by atoms with Crippen molar-refractivity contribution in [3.8, 4) is 28.7 Å². The summed E-state index contributed by atoms with van der Waals surface area (Å²) in [4.78, 5) is -0.823. The second-order valence-electron chi connectivity index (χ2n) is 17.8. The van der Waals surface area contributed by atoms with E-state index >= 15 is 0 Å². The number of aromatic hydroxyl groups is 1. The summed E-state index contributed by atoms with van der Waals surface area (Å²) in [5.41, 5.74) is 2.50. The summed E-state index contributed by atoms with van der Waals surface area (Å²) >= 11 is 0. The molecule has 0 saturated carbocycles. The molecule has 80 heavy (non-hydrogen) atoms. The molecular weight excluding hydrogens is 1120 g/mol. The number of ether oxygens (including phenoxy) is 3. The number of methoxy groups -OCH3 is 1. The quantitative estimate of drug-likeness (QED) is 0.0285. The van der Waals surface area contributed by atoms with Gasteiger partial charge in [0.15, 0.2) is 5.75 Å². The molecule has 414 valence electrons. The van der Waals surface area contributed by atoms with E-state index in [1.807, 2.05) is 6.92 Å². The normalized spacial score (nSPS) is 12.8. The Balaban J connectivity index is 0.986. The van der Waals surface area contributed by atoms with Crippen molar-refractivity contribution in [1.82, 2.24) is 15.0 Å². The number of fused-ring (bicyclic) bond motifs is 5. The average molecular weight is 1170 g/mol. The monoisotopic (exact) mass is 1170 g/mol. The van der Waals surface area contributed by atoms with Gasteiger partial charge in [-0.1, -0.05) is 31.2 Å². The van der Waals surface area contributed by atoms with E-state index in [0.29, 0.717) is 63.5 Å². The van der Waals surface area contributed by atoms with Crippen molar-refractivity contribution in [2.45, 2.75) is 48.3 Å². The number of aryl methyl sites for hydroxylation is 2. The summed E-state index contributed by atoms with van der Waals surface area (Å²) in [6, 6.07) is 26.3. The van der Waals surface area contributed by atoms with E-state index in [1.54, 1.807) is 74.5 Å². The molecule has 0 atom stereocenters. The third-order valence-electron chi connectivity index (χ3n) is 12.2. The van der Waals surface area contributed by atoms with Crippen LogP contribution in [0.25, 0.3) is 49.0 Å². The number of benzene rings is 8. The fourth-order valence-corrected chi connectivity index (χ4v) is 11.1. The fourth-order valence-electron chi connectivity index (χ4n) is 8.42. The molecule has 1 aromatic heterocycles. The average Bonchev–Trinajstić information content (AvgIpc) is 4.04. The first kappa shape index (κ1) is 56.3. The van der Waals surface area contributed by atoms with E-state index in [2.05, 4.69) is 40.9 Å². The number of hydrogen-bond donors (Lipinski definition) is 5. The number of aromatic nitrogens is 3. The summed E-state index contributed by atoms with van der Waals surface area (Å²) in [6.45, 7) is 5.49. The second-order valence-corrected chi connectivity index (χ2v) is 23.6. The van der Waals surface area contributed by atoms with Gasteiger partial charge in [0.05, 0.1) is 48.0 Å². The molecule has 5 N–H and O–H groups in total. The Morgan fingerprint density at radius 3 is 1.80 bits per heavy atom. The van der Waals surface area contributed by atoms with Gasteiger partial charge in [-0.25, -0.2) is 0 Å². The van der Waals surface area contributed by atoms with Gasteiger partial charge in [0.2, 0.25) is 0 Å². The number of nitrogens with zero attached hydrogens (tertiary/aromatic N) is 9. The minimum absolute atomic E-state index is 0.0284. The zero-order valence-electron chi connectivity index (χ0n) is 42.3. The van der Waals surface area contributed by atoms with Crippen LogP contribution in [0.15, 0.2) is 155 Å². The third kappa shape index (κ3) is 12.1. The van der Waals surface area contributed by atoms with Crippen LogP contribution in [0.1, 0.15) is 30.9 Å². The largest absolute Gasteiger partial charge is 0.505 e. The molecule has 0 bridgehead atoms. The second kappa shape index (κ2) is 22.0. The number of rotatable bonds is 19. The van der Waals surface area contributed by atoms with Crippen molar-refractivity contribution in [3.05, 3.63) is 120 Å². The van der Waals surface area contributed by atoms with E-state index in [9.17, 15) is 57.0 Å². The maximum atomic E-state index is 12.8. The molecule has 0 aliphatic heterocycles. The number of phenols is 1. The fraction of sp³-hybridized carbons (Fsp3) is 0.176. The topological polar surface area (TPSA) is 370 Å². The lowest BCUT2D eigenvalue weighted by atomic mass is 10.1. The number of azo groups is 3. The molecule has 0 aliphatic rings. The molecule has 9 aromatic rings. The molecule has 0 radical (unpaired) electrons. The molecule has 0 aliphatic carbocycles. The highest BCUT2D eigenvalue weighted by Crippen LogP contribution is 2.43. The Kier molecular flexibility index (Phi) is 15.5. The Labute approximate surface area is 455 Å². The minimum Gasteiger partial charge on any atom is -0.505 e. The molecule has 1 heterocycles. The standard InChI is InChI=1S/C51H45N9O16S4/c1-5-18-75-45-9-6-8-36-34(45)13-17-40(51(36)80(71,72)73)53-54-42-27-47(76-19-7-20-77(62,63)64)44(22-29(42)3)57-55-41-26-46(74-4)43(21-28(41)2)56-52-39-15-10-30-23-31(11-12-33(30)50(39)61)60-58-38-16-14-35-37(49(38)59-60)24-32(78(65,66)67)25-48(35)79(68,69)70/h6,8-17,21-27,61H,5,7,18-20H2,1-4H3,(H,62,63,64)(H,65,66,67)(H,68,69,70)(H,71,72,73). The molecule has 25 nitrogen and oxygen atoms in total. The Morgan fingerprint density at radius 2 is 1.15 bits per heavy atom. The van der Waals surface area contributed by atoms with Crippen LogP contribution in [0.2, 0.25) is 0 Å². The first-order chi connectivity index (χ1) is 37.8. The maximum Gasteiger partial charge on any atom is 0.297 e. The number of phenolic OH excluding ortho intramolecular Hbond substituents is 1. The van der Waals surface area contributed by atoms with Crippen LogP contribution < -0.4 is 14.2 Å². The van der Waals surface area contributed by atoms with Gasteiger partial charge in [0, 0.05) is 39.1 Å². The predicted molar refractivity (Wildman–Crippen MR) is 293 cm³/mol. The van der Waals surface area contributed by atoms with Crippen LogP contribution in [0.5, 0.6) is 23.0 Å². The van der Waals surface area contributed by atoms with Crippen molar-refractivity contribution >= 4 is 118 Å². The molecule has 0 unspecified atom stereocenters. The van der Waals surface area contributed by atoms with Gasteiger partial charge in [0.25, 0.3) is 40.5 Å². The van der Waals surface area contributed by atoms with Crippen LogP contribution in [-0.4, -0.2) is 98.1 Å². The van der Waals surface area contributed by atoms with E-state index in [-0.39, 0.29) is 85.9 Å². The van der Waals surface area contributed by atoms with Crippen LogP contribution in [0.4, 0.5) is 34.1 Å². The lowest BCUT2D eigenvalue weighted by Gasteiger charge is -2.12. The van der Waals surface area contributed by atoms with Crippen LogP contribution >= 0.6 is 0 Å². The molecule has 29 heteroatoms. The van der Waals surface area contributed by atoms with E-state index in [1.165, 1.54) is 48.3 Å². The SMILES string of the molecule is CCCOc1cccc2c(S(=O)(=O)O)c(N=Nc3cc(OCCCS(=O)(=O)O)c(N=Nc4cc(OC)c(N=Nc5ccc6cc(-n7nc8ccc9c(S(=O)(=O)O)cc(S(=O)(=O)O)cc9c8n7)ccc6c5O)cc4C)cc3C)ccc12. The van der Waals surface area contributed by atoms with Gasteiger partial charge in [0.1, 0.15) is 60.8 Å². The highest BCUT2D eigenvalue weighted by Gasteiger charge is 2.25. The Hall–Kier alpha value is -8.42. The smallest absolute Gasteiger partial charge is 0.297 e. The highest BCUT2D eigenvalue weighted by atomic mass is 32.2. The summed E-state index contributed by atoms with van der Waals surface area (Å²) in [5, 5.41) is 47.7. The molecule has 8 aromatic carbocycles. The lowest BCUT2D eigenvalue weighted by Crippen LogP contribution is -2.08. The van der Waals surface area contributed by atoms with Gasteiger partial charge in [-0.3, -0.25) is 18.2 Å². The third-order valence-corrected chi connectivity index (χ3v) is 15.7. The summed E-state index contributed by atoms with van der Waals surface area (Å²) in [5.74, 6) is -0.136. The number of hydrogen-bond acceptors (Lipinski definition) is 20. The van der Waals surface area contributed by atoms with E-state index in [0.717, 1.165) is 6.07 Å². The van der Waals surface area contributed by atoms with Crippen molar-refractivity contribution in [2.75, 3.05) is 26.1 Å². The highest BCUT2D eigenvalue weighted by molar-refractivity contribution is 7.87. The van der Waals surface area contributed by atoms with Crippen molar-refractivity contribution in [3.63, 3.8) is 0 Å². The summed E-state index contributed by atoms with van der Waals surface area (Å²) in [6.07, 6.45) is 0.596. The molecule has 0 spiro atoms. The molecule has 9 rings (SSSR count). The van der Waals surface area contributed by atoms with Crippen molar-refractivity contribution < 1.29 is 71.2 Å². The Bertz CT molecular complexity index is 4570. The first-order valence-corrected chi connectivity index (χ1v) is 29.6. The minimum atomic E-state index is -4.94. The van der Waals surface area contributed by atoms with Crippen molar-refractivity contribution in [2.24, 2.45) is 30.7 Å². The van der Waals surface area contributed by atoms with Gasteiger partial charge in [-0.2, -0.15) is 48.7 Å². The lowest BCUT2D eigenvalue weighted by molar-refractivity contribution is 0.317. The predicted octanol–water partition coefficient (Wildman–Crippen LogP) is 11.6. The van der Waals surface area contributed by atoms with Gasteiger partial charge in [-0.15, -0.1) is 30.7 Å². The first-order valence-electron chi connectivity index (χ1n) is 23.7.